The highest BCUT2D eigenvalue weighted by Crippen LogP contribution is 2.24. The zero-order valence-electron chi connectivity index (χ0n) is 9.99. The number of aryl methyl sites for hydroxylation is 2. The molecule has 0 saturated carbocycles. The van der Waals surface area contributed by atoms with Crippen LogP contribution in [0, 0.1) is 6.92 Å². The van der Waals surface area contributed by atoms with Gasteiger partial charge in [-0.2, -0.15) is 5.10 Å². The molecule has 0 aliphatic heterocycles. The van der Waals surface area contributed by atoms with Crippen molar-refractivity contribution in [3.63, 3.8) is 0 Å². The molecule has 0 bridgehead atoms. The molecule has 2 rings (SSSR count). The van der Waals surface area contributed by atoms with Crippen LogP contribution in [0.5, 0.6) is 0 Å². The number of nitrogens with one attached hydrogen (secondary N) is 1. The molecular formula is C13H17N3. The van der Waals surface area contributed by atoms with Gasteiger partial charge in [0.15, 0.2) is 0 Å². The summed E-state index contributed by atoms with van der Waals surface area (Å²) >= 11 is 0. The van der Waals surface area contributed by atoms with Gasteiger partial charge in [-0.15, -0.1) is 0 Å². The minimum atomic E-state index is 0.879. The van der Waals surface area contributed by atoms with Crippen molar-refractivity contribution in [3.05, 3.63) is 41.7 Å². The summed E-state index contributed by atoms with van der Waals surface area (Å²) in [4.78, 5) is 0. The highest BCUT2D eigenvalue weighted by atomic mass is 15.2. The quantitative estimate of drug-likeness (QED) is 0.850. The number of nitrogens with zero attached hydrogens (tertiary/aromatic N) is 2. The summed E-state index contributed by atoms with van der Waals surface area (Å²) < 4.78 is 1.83. The molecule has 1 heterocycles. The van der Waals surface area contributed by atoms with Crippen molar-refractivity contribution in [2.45, 2.75) is 13.5 Å². The van der Waals surface area contributed by atoms with Crippen molar-refractivity contribution < 1.29 is 0 Å². The molecule has 0 aliphatic carbocycles. The van der Waals surface area contributed by atoms with Crippen LogP contribution in [0.15, 0.2) is 30.6 Å². The van der Waals surface area contributed by atoms with E-state index < -0.39 is 0 Å². The van der Waals surface area contributed by atoms with Gasteiger partial charge in [-0.25, -0.2) is 0 Å². The van der Waals surface area contributed by atoms with Gasteiger partial charge in [-0.3, -0.25) is 4.68 Å². The number of hydrogen-bond acceptors (Lipinski definition) is 2. The molecule has 0 saturated heterocycles. The van der Waals surface area contributed by atoms with Gasteiger partial charge < -0.3 is 5.32 Å². The average molecular weight is 215 g/mol. The first-order chi connectivity index (χ1) is 7.70. The molecule has 0 radical (unpaired) electrons. The lowest BCUT2D eigenvalue weighted by atomic mass is 10.00. The van der Waals surface area contributed by atoms with Crippen LogP contribution in [0.1, 0.15) is 11.1 Å². The van der Waals surface area contributed by atoms with Gasteiger partial charge in [0.25, 0.3) is 0 Å². The Bertz CT molecular complexity index is 486. The SMILES string of the molecule is CNCc1ccc(C)cc1-c1cnn(C)c1. The summed E-state index contributed by atoms with van der Waals surface area (Å²) in [5.41, 5.74) is 5.03. The van der Waals surface area contributed by atoms with Crippen LogP contribution in [-0.2, 0) is 13.6 Å². The Hall–Kier alpha value is -1.61. The zero-order chi connectivity index (χ0) is 11.5. The fourth-order valence-corrected chi connectivity index (χ4v) is 1.86. The summed E-state index contributed by atoms with van der Waals surface area (Å²) in [6, 6.07) is 6.53. The Morgan fingerprint density at radius 1 is 1.38 bits per heavy atom. The van der Waals surface area contributed by atoms with Gasteiger partial charge in [0.1, 0.15) is 0 Å². The Morgan fingerprint density at radius 3 is 2.81 bits per heavy atom. The van der Waals surface area contributed by atoms with Crippen LogP contribution in [0.25, 0.3) is 11.1 Å². The smallest absolute Gasteiger partial charge is 0.0568 e. The molecule has 3 heteroatoms. The maximum atomic E-state index is 4.22. The molecule has 1 aromatic heterocycles. The first kappa shape index (κ1) is 10.9. The van der Waals surface area contributed by atoms with Gasteiger partial charge in [-0.1, -0.05) is 23.8 Å². The van der Waals surface area contributed by atoms with E-state index in [2.05, 4.69) is 35.5 Å². The third kappa shape index (κ3) is 2.14. The normalized spacial score (nSPS) is 10.7. The van der Waals surface area contributed by atoms with Crippen molar-refractivity contribution in [2.75, 3.05) is 7.05 Å². The fraction of sp³-hybridized carbons (Fsp3) is 0.308. The molecule has 0 spiro atoms. The summed E-state index contributed by atoms with van der Waals surface area (Å²) in [5, 5.41) is 7.41. The molecule has 84 valence electrons. The highest BCUT2D eigenvalue weighted by Gasteiger charge is 2.06. The van der Waals surface area contributed by atoms with Gasteiger partial charge >= 0.3 is 0 Å². The molecule has 0 atom stereocenters. The van der Waals surface area contributed by atoms with Gasteiger partial charge in [0.2, 0.25) is 0 Å². The van der Waals surface area contributed by atoms with E-state index in [9.17, 15) is 0 Å². The second kappa shape index (κ2) is 4.49. The van der Waals surface area contributed by atoms with Crippen LogP contribution in [-0.4, -0.2) is 16.8 Å². The van der Waals surface area contributed by atoms with E-state index in [1.54, 1.807) is 0 Å². The lowest BCUT2D eigenvalue weighted by Gasteiger charge is -2.08. The molecule has 0 amide bonds. The van der Waals surface area contributed by atoms with Gasteiger partial charge in [0.05, 0.1) is 6.20 Å². The first-order valence-corrected chi connectivity index (χ1v) is 5.44. The zero-order valence-corrected chi connectivity index (χ0v) is 9.99. The second-order valence-corrected chi connectivity index (χ2v) is 4.09. The van der Waals surface area contributed by atoms with Crippen LogP contribution in [0.4, 0.5) is 0 Å². The molecule has 1 aromatic carbocycles. The number of hydrogen-bond donors (Lipinski definition) is 1. The van der Waals surface area contributed by atoms with Gasteiger partial charge in [-0.05, 0) is 25.1 Å². The average Bonchev–Trinajstić information content (AvgIpc) is 2.68. The Morgan fingerprint density at radius 2 is 2.19 bits per heavy atom. The number of aromatic nitrogens is 2. The van der Waals surface area contributed by atoms with Crippen LogP contribution < -0.4 is 5.32 Å². The maximum Gasteiger partial charge on any atom is 0.0568 e. The molecule has 16 heavy (non-hydrogen) atoms. The Kier molecular flexibility index (Phi) is 3.06. The van der Waals surface area contributed by atoms with Crippen molar-refractivity contribution in [3.8, 4) is 11.1 Å². The minimum absolute atomic E-state index is 0.879. The van der Waals surface area contributed by atoms with Crippen molar-refractivity contribution in [1.82, 2.24) is 15.1 Å². The largest absolute Gasteiger partial charge is 0.316 e. The summed E-state index contributed by atoms with van der Waals surface area (Å²) in [5.74, 6) is 0. The number of rotatable bonds is 3. The van der Waals surface area contributed by atoms with Crippen LogP contribution >= 0.6 is 0 Å². The van der Waals surface area contributed by atoms with Crippen molar-refractivity contribution >= 4 is 0 Å². The van der Waals surface area contributed by atoms with E-state index in [0.29, 0.717) is 0 Å². The summed E-state index contributed by atoms with van der Waals surface area (Å²) in [6.07, 6.45) is 3.96. The molecular weight excluding hydrogens is 198 g/mol. The number of benzene rings is 1. The summed E-state index contributed by atoms with van der Waals surface area (Å²) in [7, 11) is 3.91. The first-order valence-electron chi connectivity index (χ1n) is 5.44. The molecule has 1 N–H and O–H groups in total. The summed E-state index contributed by atoms with van der Waals surface area (Å²) in [6.45, 7) is 2.99. The lowest BCUT2D eigenvalue weighted by Crippen LogP contribution is -2.06. The van der Waals surface area contributed by atoms with Crippen molar-refractivity contribution in [2.24, 2.45) is 7.05 Å². The predicted molar refractivity (Wildman–Crippen MR) is 66.1 cm³/mol. The molecule has 0 fully saturated rings. The van der Waals surface area contributed by atoms with E-state index in [1.807, 2.05) is 31.2 Å². The molecule has 3 nitrogen and oxygen atoms in total. The molecule has 2 aromatic rings. The topological polar surface area (TPSA) is 29.9 Å². The Labute approximate surface area is 96.1 Å². The van der Waals surface area contributed by atoms with Gasteiger partial charge in [0, 0.05) is 25.4 Å². The minimum Gasteiger partial charge on any atom is -0.316 e. The third-order valence-electron chi connectivity index (χ3n) is 2.65. The van der Waals surface area contributed by atoms with Crippen LogP contribution in [0.2, 0.25) is 0 Å². The predicted octanol–water partition coefficient (Wildman–Crippen LogP) is 2.11. The monoisotopic (exact) mass is 215 g/mol. The van der Waals surface area contributed by atoms with E-state index >= 15 is 0 Å². The maximum absolute atomic E-state index is 4.22. The van der Waals surface area contributed by atoms with Crippen LogP contribution in [0.3, 0.4) is 0 Å². The Balaban J connectivity index is 2.48. The van der Waals surface area contributed by atoms with E-state index in [0.717, 1.165) is 6.54 Å². The van der Waals surface area contributed by atoms with E-state index in [-0.39, 0.29) is 0 Å². The van der Waals surface area contributed by atoms with Crippen molar-refractivity contribution in [1.29, 1.82) is 0 Å². The van der Waals surface area contributed by atoms with E-state index in [4.69, 9.17) is 0 Å². The second-order valence-electron chi connectivity index (χ2n) is 4.09. The molecule has 0 aliphatic rings. The lowest BCUT2D eigenvalue weighted by molar-refractivity contribution is 0.768. The third-order valence-corrected chi connectivity index (χ3v) is 2.65. The van der Waals surface area contributed by atoms with E-state index in [1.165, 1.54) is 22.3 Å². The highest BCUT2D eigenvalue weighted by molar-refractivity contribution is 5.66. The standard InChI is InChI=1S/C13H17N3/c1-10-4-5-11(7-14-2)13(6-10)12-8-15-16(3)9-12/h4-6,8-9,14H,7H2,1-3H3. The molecule has 0 unspecified atom stereocenters. The fourth-order valence-electron chi connectivity index (χ4n) is 1.86.